The van der Waals surface area contributed by atoms with Crippen LogP contribution in [0.3, 0.4) is 0 Å². The summed E-state index contributed by atoms with van der Waals surface area (Å²) in [6.45, 7) is 9.92. The molecule has 130 valence electrons. The number of nitrogens with zero attached hydrogens (tertiary/aromatic N) is 3. The van der Waals surface area contributed by atoms with Crippen molar-refractivity contribution in [2.75, 3.05) is 20.2 Å². The fraction of sp³-hybridized carbons (Fsp3) is 0.556. The van der Waals surface area contributed by atoms with Crippen molar-refractivity contribution in [1.29, 1.82) is 0 Å². The highest BCUT2D eigenvalue weighted by Gasteiger charge is 2.34. The van der Waals surface area contributed by atoms with Gasteiger partial charge in [-0.1, -0.05) is 6.07 Å². The lowest BCUT2D eigenvalue weighted by Gasteiger charge is -2.39. The third kappa shape index (κ3) is 3.18. The van der Waals surface area contributed by atoms with Gasteiger partial charge in [-0.05, 0) is 39.8 Å². The van der Waals surface area contributed by atoms with E-state index >= 15 is 0 Å². The monoisotopic (exact) mass is 331 g/mol. The molecule has 1 aromatic carbocycles. The van der Waals surface area contributed by atoms with Gasteiger partial charge in [-0.25, -0.2) is 4.79 Å². The average molecular weight is 331 g/mol. The topological polar surface area (TPSA) is 56.6 Å². The molecule has 0 radical (unpaired) electrons. The Balaban J connectivity index is 1.66. The Kier molecular flexibility index (Phi) is 4.15. The lowest BCUT2D eigenvalue weighted by Crippen LogP contribution is -2.52. The van der Waals surface area contributed by atoms with Crippen molar-refractivity contribution in [2.45, 2.75) is 39.8 Å². The summed E-state index contributed by atoms with van der Waals surface area (Å²) in [6.07, 6.45) is -0.234. The summed E-state index contributed by atoms with van der Waals surface area (Å²) in [4.78, 5) is 13.7. The fourth-order valence-corrected chi connectivity index (χ4v) is 3.05. The van der Waals surface area contributed by atoms with Crippen molar-refractivity contribution in [3.63, 3.8) is 0 Å². The van der Waals surface area contributed by atoms with E-state index in [1.807, 2.05) is 43.7 Å². The highest BCUT2D eigenvalue weighted by Crippen LogP contribution is 2.29. The maximum absolute atomic E-state index is 12.0. The molecule has 6 heteroatoms. The molecule has 1 amide bonds. The molecule has 1 aromatic heterocycles. The minimum absolute atomic E-state index is 0.234. The lowest BCUT2D eigenvalue weighted by atomic mass is 10.0. The molecule has 1 aliphatic rings. The average Bonchev–Trinajstić information content (AvgIpc) is 2.77. The van der Waals surface area contributed by atoms with Gasteiger partial charge in [-0.15, -0.1) is 0 Å². The zero-order chi connectivity index (χ0) is 17.5. The molecule has 0 spiro atoms. The van der Waals surface area contributed by atoms with E-state index in [0.717, 1.165) is 28.9 Å². The second-order valence-electron chi connectivity index (χ2n) is 7.37. The van der Waals surface area contributed by atoms with Gasteiger partial charge in [0.15, 0.2) is 0 Å². The summed E-state index contributed by atoms with van der Waals surface area (Å²) < 4.78 is 12.8. The summed E-state index contributed by atoms with van der Waals surface area (Å²) in [5, 5.41) is 5.73. The van der Waals surface area contributed by atoms with Crippen LogP contribution >= 0.6 is 0 Å². The first-order valence-electron chi connectivity index (χ1n) is 8.26. The zero-order valence-electron chi connectivity index (χ0n) is 15.0. The molecule has 0 N–H and O–H groups in total. The molecule has 1 fully saturated rings. The van der Waals surface area contributed by atoms with Gasteiger partial charge < -0.3 is 14.4 Å². The van der Waals surface area contributed by atoms with E-state index in [1.54, 1.807) is 12.0 Å². The molecule has 0 bridgehead atoms. The second kappa shape index (κ2) is 6.00. The number of aryl methyl sites for hydroxylation is 1. The predicted molar refractivity (Wildman–Crippen MR) is 92.3 cm³/mol. The SMILES string of the molecule is COc1cccc2nn(CC3CN(C(=O)OC(C)(C)C)C3)c(C)c12. The van der Waals surface area contributed by atoms with Crippen LogP contribution in [0.1, 0.15) is 26.5 Å². The van der Waals surface area contributed by atoms with Crippen LogP contribution in [0.5, 0.6) is 5.75 Å². The minimum Gasteiger partial charge on any atom is -0.496 e. The van der Waals surface area contributed by atoms with Gasteiger partial charge in [-0.3, -0.25) is 4.68 Å². The Labute approximate surface area is 142 Å². The third-order valence-corrected chi connectivity index (χ3v) is 4.24. The van der Waals surface area contributed by atoms with E-state index in [-0.39, 0.29) is 6.09 Å². The highest BCUT2D eigenvalue weighted by atomic mass is 16.6. The number of hydrogen-bond acceptors (Lipinski definition) is 4. The number of amides is 1. The molecular weight excluding hydrogens is 306 g/mol. The van der Waals surface area contributed by atoms with Crippen molar-refractivity contribution < 1.29 is 14.3 Å². The molecule has 0 atom stereocenters. The van der Waals surface area contributed by atoms with Gasteiger partial charge in [0.05, 0.1) is 18.0 Å². The van der Waals surface area contributed by atoms with Crippen LogP contribution in [0.15, 0.2) is 18.2 Å². The van der Waals surface area contributed by atoms with E-state index < -0.39 is 5.60 Å². The Morgan fingerprint density at radius 3 is 2.67 bits per heavy atom. The molecule has 6 nitrogen and oxygen atoms in total. The number of likely N-dealkylation sites (tertiary alicyclic amines) is 1. The van der Waals surface area contributed by atoms with Crippen LogP contribution in [-0.2, 0) is 11.3 Å². The van der Waals surface area contributed by atoms with Crippen molar-refractivity contribution >= 4 is 17.0 Å². The van der Waals surface area contributed by atoms with E-state index in [1.165, 1.54) is 0 Å². The summed E-state index contributed by atoms with van der Waals surface area (Å²) in [5.74, 6) is 1.25. The number of rotatable bonds is 3. The smallest absolute Gasteiger partial charge is 0.410 e. The highest BCUT2D eigenvalue weighted by molar-refractivity contribution is 5.87. The largest absolute Gasteiger partial charge is 0.496 e. The lowest BCUT2D eigenvalue weighted by molar-refractivity contribution is -0.00387. The molecule has 1 aliphatic heterocycles. The first kappa shape index (κ1) is 16.6. The molecule has 2 aromatic rings. The molecule has 2 heterocycles. The summed E-state index contributed by atoms with van der Waals surface area (Å²) in [7, 11) is 1.68. The van der Waals surface area contributed by atoms with Gasteiger partial charge in [0.2, 0.25) is 0 Å². The standard InChI is InChI=1S/C18H25N3O3/c1-12-16-14(7-6-8-15(16)23-5)19-21(12)11-13-9-20(10-13)17(22)24-18(2,3)4/h6-8,13H,9-11H2,1-5H3. The number of ether oxygens (including phenoxy) is 2. The maximum atomic E-state index is 12.0. The van der Waals surface area contributed by atoms with Gasteiger partial charge >= 0.3 is 6.09 Å². The number of hydrogen-bond donors (Lipinski definition) is 0. The second-order valence-corrected chi connectivity index (χ2v) is 7.37. The first-order chi connectivity index (χ1) is 11.3. The van der Waals surface area contributed by atoms with Crippen LogP contribution in [-0.4, -0.2) is 46.6 Å². The van der Waals surface area contributed by atoms with Crippen molar-refractivity contribution in [3.05, 3.63) is 23.9 Å². The van der Waals surface area contributed by atoms with Crippen LogP contribution < -0.4 is 4.74 Å². The fourth-order valence-electron chi connectivity index (χ4n) is 3.05. The predicted octanol–water partition coefficient (Wildman–Crippen LogP) is 3.22. The Hall–Kier alpha value is -2.24. The molecule has 3 rings (SSSR count). The third-order valence-electron chi connectivity index (χ3n) is 4.24. The quantitative estimate of drug-likeness (QED) is 0.866. The Bertz CT molecular complexity index is 755. The van der Waals surface area contributed by atoms with Crippen LogP contribution in [0.2, 0.25) is 0 Å². The van der Waals surface area contributed by atoms with E-state index in [2.05, 4.69) is 12.0 Å². The maximum Gasteiger partial charge on any atom is 0.410 e. The van der Waals surface area contributed by atoms with Crippen molar-refractivity contribution in [3.8, 4) is 5.75 Å². The molecule has 1 saturated heterocycles. The van der Waals surface area contributed by atoms with E-state index in [4.69, 9.17) is 9.47 Å². The normalized spacial score (nSPS) is 15.5. The number of benzene rings is 1. The molecular formula is C18H25N3O3. The van der Waals surface area contributed by atoms with Crippen LogP contribution in [0, 0.1) is 12.8 Å². The van der Waals surface area contributed by atoms with Crippen molar-refractivity contribution in [1.82, 2.24) is 14.7 Å². The van der Waals surface area contributed by atoms with Crippen LogP contribution in [0.25, 0.3) is 10.9 Å². The van der Waals surface area contributed by atoms with Crippen LogP contribution in [0.4, 0.5) is 4.79 Å². The van der Waals surface area contributed by atoms with Gasteiger partial charge in [0.25, 0.3) is 0 Å². The zero-order valence-corrected chi connectivity index (χ0v) is 15.0. The molecule has 0 aliphatic carbocycles. The molecule has 24 heavy (non-hydrogen) atoms. The minimum atomic E-state index is -0.449. The van der Waals surface area contributed by atoms with Gasteiger partial charge in [-0.2, -0.15) is 5.10 Å². The van der Waals surface area contributed by atoms with E-state index in [0.29, 0.717) is 19.0 Å². The van der Waals surface area contributed by atoms with Gasteiger partial charge in [0, 0.05) is 31.2 Å². The molecule has 0 saturated carbocycles. The Morgan fingerprint density at radius 2 is 2.04 bits per heavy atom. The summed E-state index contributed by atoms with van der Waals surface area (Å²) in [5.41, 5.74) is 1.59. The number of carbonyl (C=O) groups excluding carboxylic acids is 1. The van der Waals surface area contributed by atoms with Crippen molar-refractivity contribution in [2.24, 2.45) is 5.92 Å². The Morgan fingerprint density at radius 1 is 1.33 bits per heavy atom. The first-order valence-corrected chi connectivity index (χ1v) is 8.26. The number of methoxy groups -OCH3 is 1. The number of fused-ring (bicyclic) bond motifs is 1. The molecule has 0 unspecified atom stereocenters. The van der Waals surface area contributed by atoms with Gasteiger partial charge in [0.1, 0.15) is 11.4 Å². The summed E-state index contributed by atoms with van der Waals surface area (Å²) in [6, 6.07) is 5.90. The number of carbonyl (C=O) groups is 1. The van der Waals surface area contributed by atoms with E-state index in [9.17, 15) is 4.79 Å². The summed E-state index contributed by atoms with van der Waals surface area (Å²) >= 11 is 0. The number of aromatic nitrogens is 2.